The lowest BCUT2D eigenvalue weighted by atomic mass is 10.2. The predicted molar refractivity (Wildman–Crippen MR) is 56.1 cm³/mol. The number of rotatable bonds is 0. The van der Waals surface area contributed by atoms with Gasteiger partial charge in [0.15, 0.2) is 0 Å². The molecule has 0 radical (unpaired) electrons. The van der Waals surface area contributed by atoms with Crippen LogP contribution < -0.4 is 0 Å². The molecule has 0 amide bonds. The van der Waals surface area contributed by atoms with Gasteiger partial charge in [0.25, 0.3) is 0 Å². The number of para-hydroxylation sites is 1. The predicted octanol–water partition coefficient (Wildman–Crippen LogP) is 2.71. The first-order chi connectivity index (χ1) is 5.83. The van der Waals surface area contributed by atoms with Gasteiger partial charge >= 0.3 is 0 Å². The molecule has 1 aromatic heterocycles. The lowest BCUT2D eigenvalue weighted by Gasteiger charge is -1.91. The molecule has 0 aliphatic rings. The molecule has 1 aromatic carbocycles. The van der Waals surface area contributed by atoms with Gasteiger partial charge in [-0.2, -0.15) is 5.26 Å². The molecule has 0 saturated heterocycles. The van der Waals surface area contributed by atoms with E-state index < -0.39 is 0 Å². The summed E-state index contributed by atoms with van der Waals surface area (Å²) in [7, 11) is 0. The fourth-order valence-corrected chi connectivity index (χ4v) is 1.88. The highest BCUT2D eigenvalue weighted by molar-refractivity contribution is 14.1. The number of benzene rings is 1. The Bertz CT molecular complexity index is 465. The van der Waals surface area contributed by atoms with Crippen molar-refractivity contribution in [3.8, 4) is 6.07 Å². The highest BCUT2D eigenvalue weighted by Gasteiger charge is 2.03. The molecule has 0 bridgehead atoms. The average molecular weight is 268 g/mol. The normalized spacial score (nSPS) is 10.0. The van der Waals surface area contributed by atoms with Crippen LogP contribution in [0.15, 0.2) is 30.3 Å². The van der Waals surface area contributed by atoms with Gasteiger partial charge in [0.1, 0.15) is 11.8 Å². The number of hydrogen-bond acceptors (Lipinski definition) is 1. The molecule has 12 heavy (non-hydrogen) atoms. The average Bonchev–Trinajstić information content (AvgIpc) is 2.44. The minimum absolute atomic E-state index is 0.691. The standard InChI is InChI=1S/C9H5IN2/c10-12-8(6-11)5-7-3-1-2-4-9(7)12/h1-5H. The van der Waals surface area contributed by atoms with Crippen molar-refractivity contribution in [1.29, 1.82) is 5.26 Å². The van der Waals surface area contributed by atoms with Gasteiger partial charge < -0.3 is 0 Å². The van der Waals surface area contributed by atoms with Crippen LogP contribution in [0.4, 0.5) is 0 Å². The first-order valence-electron chi connectivity index (χ1n) is 3.49. The number of nitrogens with zero attached hydrogens (tertiary/aromatic N) is 2. The fourth-order valence-electron chi connectivity index (χ4n) is 1.20. The lowest BCUT2D eigenvalue weighted by molar-refractivity contribution is 1.33. The lowest BCUT2D eigenvalue weighted by Crippen LogP contribution is -1.80. The summed E-state index contributed by atoms with van der Waals surface area (Å²) in [4.78, 5) is 0. The van der Waals surface area contributed by atoms with E-state index in [1.165, 1.54) is 0 Å². The second kappa shape index (κ2) is 2.79. The molecular formula is C9H5IN2. The van der Waals surface area contributed by atoms with E-state index in [1.54, 1.807) is 0 Å². The van der Waals surface area contributed by atoms with E-state index in [9.17, 15) is 0 Å². The monoisotopic (exact) mass is 268 g/mol. The SMILES string of the molecule is N#Cc1cc2ccccc2n1I. The van der Waals surface area contributed by atoms with Crippen molar-refractivity contribution >= 4 is 33.8 Å². The molecule has 2 aromatic rings. The maximum absolute atomic E-state index is 8.74. The van der Waals surface area contributed by atoms with Crippen molar-refractivity contribution in [2.24, 2.45) is 0 Å². The molecule has 0 fully saturated rings. The van der Waals surface area contributed by atoms with Gasteiger partial charge in [0.2, 0.25) is 0 Å². The molecule has 2 rings (SSSR count). The third-order valence-electron chi connectivity index (χ3n) is 1.77. The van der Waals surface area contributed by atoms with Crippen LogP contribution in [0.2, 0.25) is 0 Å². The minimum Gasteiger partial charge on any atom is -0.273 e. The number of nitriles is 1. The van der Waals surface area contributed by atoms with E-state index in [0.717, 1.165) is 10.9 Å². The van der Waals surface area contributed by atoms with Crippen LogP contribution in [0.1, 0.15) is 5.69 Å². The summed E-state index contributed by atoms with van der Waals surface area (Å²) in [5.74, 6) is 0. The highest BCUT2D eigenvalue weighted by Crippen LogP contribution is 2.21. The second-order valence-corrected chi connectivity index (χ2v) is 3.45. The second-order valence-electron chi connectivity index (χ2n) is 2.48. The molecule has 58 valence electrons. The molecule has 0 atom stereocenters. The summed E-state index contributed by atoms with van der Waals surface area (Å²) in [6.45, 7) is 0. The maximum atomic E-state index is 8.74. The van der Waals surface area contributed by atoms with E-state index in [-0.39, 0.29) is 0 Å². The number of aromatic nitrogens is 1. The van der Waals surface area contributed by atoms with Gasteiger partial charge in [-0.25, -0.2) is 0 Å². The van der Waals surface area contributed by atoms with Crippen LogP contribution in [0.25, 0.3) is 10.9 Å². The van der Waals surface area contributed by atoms with Crippen LogP contribution in [0, 0.1) is 11.3 Å². The zero-order chi connectivity index (χ0) is 8.55. The zero-order valence-corrected chi connectivity index (χ0v) is 8.32. The molecule has 0 N–H and O–H groups in total. The van der Waals surface area contributed by atoms with Crippen molar-refractivity contribution in [3.63, 3.8) is 0 Å². The maximum Gasteiger partial charge on any atom is 0.130 e. The summed E-state index contributed by atoms with van der Waals surface area (Å²) >= 11 is 2.13. The molecule has 0 saturated carbocycles. The summed E-state index contributed by atoms with van der Waals surface area (Å²) in [5.41, 5.74) is 1.78. The first-order valence-corrected chi connectivity index (χ1v) is 4.46. The zero-order valence-electron chi connectivity index (χ0n) is 6.16. The first kappa shape index (κ1) is 7.62. The van der Waals surface area contributed by atoms with E-state index in [0.29, 0.717) is 5.69 Å². The summed E-state index contributed by atoms with van der Waals surface area (Å²) < 4.78 is 1.87. The van der Waals surface area contributed by atoms with Gasteiger partial charge in [-0.3, -0.25) is 2.78 Å². The largest absolute Gasteiger partial charge is 0.273 e. The fraction of sp³-hybridized carbons (Fsp3) is 0. The summed E-state index contributed by atoms with van der Waals surface area (Å²) in [6.07, 6.45) is 0. The topological polar surface area (TPSA) is 28.7 Å². The van der Waals surface area contributed by atoms with Gasteiger partial charge in [0.05, 0.1) is 28.4 Å². The Morgan fingerprint density at radius 2 is 2.08 bits per heavy atom. The van der Waals surface area contributed by atoms with Gasteiger partial charge in [-0.05, 0) is 12.1 Å². The van der Waals surface area contributed by atoms with Gasteiger partial charge in [0, 0.05) is 5.39 Å². The molecule has 3 heteroatoms. The van der Waals surface area contributed by atoms with Crippen molar-refractivity contribution in [3.05, 3.63) is 36.0 Å². The van der Waals surface area contributed by atoms with Crippen LogP contribution >= 0.6 is 22.9 Å². The Hall–Kier alpha value is -1.02. The number of halogens is 1. The van der Waals surface area contributed by atoms with Crippen LogP contribution in [-0.2, 0) is 0 Å². The molecule has 1 heterocycles. The van der Waals surface area contributed by atoms with E-state index in [2.05, 4.69) is 28.9 Å². The van der Waals surface area contributed by atoms with Crippen LogP contribution in [-0.4, -0.2) is 2.78 Å². The quantitative estimate of drug-likeness (QED) is 0.675. The van der Waals surface area contributed by atoms with Crippen molar-refractivity contribution < 1.29 is 0 Å². The molecule has 0 aliphatic heterocycles. The molecule has 0 unspecified atom stereocenters. The van der Waals surface area contributed by atoms with Gasteiger partial charge in [-0.15, -0.1) is 0 Å². The Morgan fingerprint density at radius 3 is 2.75 bits per heavy atom. The Balaban J connectivity index is 2.90. The molecular weight excluding hydrogens is 263 g/mol. The van der Waals surface area contributed by atoms with Crippen LogP contribution in [0.3, 0.4) is 0 Å². The molecule has 0 aliphatic carbocycles. The molecule has 2 nitrogen and oxygen atoms in total. The highest BCUT2D eigenvalue weighted by atomic mass is 127. The smallest absolute Gasteiger partial charge is 0.130 e. The molecule has 0 spiro atoms. The van der Waals surface area contributed by atoms with Crippen molar-refractivity contribution in [1.82, 2.24) is 2.78 Å². The van der Waals surface area contributed by atoms with Crippen molar-refractivity contribution in [2.75, 3.05) is 0 Å². The Kier molecular flexibility index (Phi) is 1.77. The Labute approximate surface area is 83.9 Å². The van der Waals surface area contributed by atoms with E-state index in [4.69, 9.17) is 5.26 Å². The summed E-state index contributed by atoms with van der Waals surface area (Å²) in [6, 6.07) is 12.0. The number of fused-ring (bicyclic) bond motifs is 1. The van der Waals surface area contributed by atoms with E-state index >= 15 is 0 Å². The summed E-state index contributed by atoms with van der Waals surface area (Å²) in [5, 5.41) is 9.86. The Morgan fingerprint density at radius 1 is 1.33 bits per heavy atom. The van der Waals surface area contributed by atoms with Crippen molar-refractivity contribution in [2.45, 2.75) is 0 Å². The van der Waals surface area contributed by atoms with Crippen LogP contribution in [0.5, 0.6) is 0 Å². The van der Waals surface area contributed by atoms with E-state index in [1.807, 2.05) is 33.1 Å². The van der Waals surface area contributed by atoms with Gasteiger partial charge in [-0.1, -0.05) is 18.2 Å². The third-order valence-corrected chi connectivity index (χ3v) is 2.81. The minimum atomic E-state index is 0.691. The number of hydrogen-bond donors (Lipinski definition) is 0. The third kappa shape index (κ3) is 0.994.